The van der Waals surface area contributed by atoms with E-state index in [-0.39, 0.29) is 25.0 Å². The van der Waals surface area contributed by atoms with Crippen molar-refractivity contribution in [3.8, 4) is 0 Å². The molecule has 0 radical (unpaired) electrons. The zero-order valence-corrected chi connectivity index (χ0v) is 17.0. The molecule has 2 N–H and O–H groups in total. The number of alkyl halides is 3. The van der Waals surface area contributed by atoms with Gasteiger partial charge in [-0.15, -0.1) is 0 Å². The number of hydrogen-bond donors (Lipinski definition) is 2. The van der Waals surface area contributed by atoms with E-state index >= 15 is 0 Å². The second kappa shape index (κ2) is 7.59. The minimum atomic E-state index is -4.75. The number of fused-ring (bicyclic) bond motifs is 1. The van der Waals surface area contributed by atoms with Gasteiger partial charge in [-0.3, -0.25) is 0 Å². The van der Waals surface area contributed by atoms with Gasteiger partial charge in [0, 0.05) is 42.6 Å². The van der Waals surface area contributed by atoms with Gasteiger partial charge in [0.25, 0.3) is 0 Å². The first-order chi connectivity index (χ1) is 14.2. The molecule has 0 amide bonds. The van der Waals surface area contributed by atoms with Crippen LogP contribution in [0.2, 0.25) is 0 Å². The van der Waals surface area contributed by atoms with Gasteiger partial charge in [-0.2, -0.15) is 17.5 Å². The number of H-pyrrole nitrogens is 1. The number of anilines is 1. The molecule has 10 heteroatoms. The van der Waals surface area contributed by atoms with E-state index in [0.717, 1.165) is 27.5 Å². The number of hydrogen-bond acceptors (Lipinski definition) is 4. The first-order valence-electron chi connectivity index (χ1n) is 9.53. The molecule has 1 aliphatic rings. The number of nitrogens with zero attached hydrogens (tertiary/aromatic N) is 2. The predicted molar refractivity (Wildman–Crippen MR) is 107 cm³/mol. The largest absolute Gasteiger partial charge is 0.417 e. The van der Waals surface area contributed by atoms with Crippen molar-refractivity contribution in [1.82, 2.24) is 14.3 Å². The summed E-state index contributed by atoms with van der Waals surface area (Å²) in [6, 6.07) is 7.73. The molecule has 1 aromatic carbocycles. The van der Waals surface area contributed by atoms with E-state index in [9.17, 15) is 21.6 Å². The van der Waals surface area contributed by atoms with E-state index in [4.69, 9.17) is 0 Å². The molecule has 2 aromatic heterocycles. The number of piperidine rings is 1. The van der Waals surface area contributed by atoms with E-state index in [2.05, 4.69) is 15.3 Å². The summed E-state index contributed by atoms with van der Waals surface area (Å²) >= 11 is 0. The summed E-state index contributed by atoms with van der Waals surface area (Å²) in [5, 5.41) is 4.24. The van der Waals surface area contributed by atoms with Crippen LogP contribution in [-0.4, -0.2) is 41.8 Å². The van der Waals surface area contributed by atoms with Gasteiger partial charge < -0.3 is 10.3 Å². The Bertz CT molecular complexity index is 1160. The monoisotopic (exact) mass is 438 g/mol. The summed E-state index contributed by atoms with van der Waals surface area (Å²) in [6.07, 6.45) is -0.811. The highest BCUT2D eigenvalue weighted by molar-refractivity contribution is 7.89. The summed E-state index contributed by atoms with van der Waals surface area (Å²) < 4.78 is 67.5. The van der Waals surface area contributed by atoms with Crippen LogP contribution in [-0.2, 0) is 16.2 Å². The van der Waals surface area contributed by atoms with Crippen molar-refractivity contribution in [2.75, 3.05) is 18.4 Å². The zero-order chi connectivity index (χ0) is 21.5. The van der Waals surface area contributed by atoms with Crippen molar-refractivity contribution in [2.45, 2.75) is 30.5 Å². The van der Waals surface area contributed by atoms with E-state index in [1.165, 1.54) is 12.1 Å². The molecule has 0 aliphatic carbocycles. The smallest absolute Gasteiger partial charge is 0.380 e. The lowest BCUT2D eigenvalue weighted by molar-refractivity contribution is -0.139. The third-order valence-corrected chi connectivity index (χ3v) is 7.46. The van der Waals surface area contributed by atoms with Crippen LogP contribution in [0.4, 0.5) is 18.9 Å². The quantitative estimate of drug-likeness (QED) is 0.643. The van der Waals surface area contributed by atoms with Crippen molar-refractivity contribution in [3.05, 3.63) is 54.4 Å². The van der Waals surface area contributed by atoms with Gasteiger partial charge in [0.1, 0.15) is 5.65 Å². The molecule has 0 bridgehead atoms. The fourth-order valence-corrected chi connectivity index (χ4v) is 5.49. The number of sulfonamides is 1. The van der Waals surface area contributed by atoms with Crippen molar-refractivity contribution >= 4 is 26.7 Å². The van der Waals surface area contributed by atoms with Gasteiger partial charge in [0.05, 0.1) is 10.5 Å². The molecular formula is C20H21F3N4O2S. The molecule has 3 aromatic rings. The molecule has 1 saturated heterocycles. The third kappa shape index (κ3) is 3.77. The number of aromatic nitrogens is 2. The second-order valence-electron chi connectivity index (χ2n) is 7.47. The van der Waals surface area contributed by atoms with Crippen LogP contribution in [0.3, 0.4) is 0 Å². The summed E-state index contributed by atoms with van der Waals surface area (Å²) in [4.78, 5) is 6.55. The van der Waals surface area contributed by atoms with Gasteiger partial charge in [0.2, 0.25) is 10.0 Å². The van der Waals surface area contributed by atoms with E-state index in [1.807, 2.05) is 13.0 Å². The number of rotatable bonds is 4. The lowest BCUT2D eigenvalue weighted by atomic mass is 9.94. The first kappa shape index (κ1) is 20.7. The molecule has 0 saturated carbocycles. The molecule has 3 heterocycles. The van der Waals surface area contributed by atoms with Crippen LogP contribution in [0.25, 0.3) is 11.0 Å². The number of benzene rings is 1. The average molecular weight is 438 g/mol. The SMILES string of the molecule is CC1CCN(S(=O)(=O)c2ccccc2C(F)(F)F)CC1Nc1ccnc2[nH]ccc12. The molecule has 6 nitrogen and oxygen atoms in total. The summed E-state index contributed by atoms with van der Waals surface area (Å²) in [6.45, 7) is 2.24. The molecule has 2 unspecified atom stereocenters. The predicted octanol–water partition coefficient (Wildman–Crippen LogP) is 4.09. The normalized spacial score (nSPS) is 21.1. The average Bonchev–Trinajstić information content (AvgIpc) is 3.19. The van der Waals surface area contributed by atoms with Crippen LogP contribution in [0.5, 0.6) is 0 Å². The highest BCUT2D eigenvalue weighted by atomic mass is 32.2. The Labute approximate surface area is 172 Å². The van der Waals surface area contributed by atoms with Gasteiger partial charge in [0.15, 0.2) is 0 Å². The van der Waals surface area contributed by atoms with Gasteiger partial charge in [-0.05, 0) is 36.6 Å². The Morgan fingerprint density at radius 2 is 1.97 bits per heavy atom. The number of halogens is 3. The van der Waals surface area contributed by atoms with Crippen LogP contribution in [0.15, 0.2) is 53.7 Å². The lowest BCUT2D eigenvalue weighted by Gasteiger charge is -2.37. The van der Waals surface area contributed by atoms with Crippen LogP contribution in [0, 0.1) is 5.92 Å². The minimum absolute atomic E-state index is 0.0733. The maximum absolute atomic E-state index is 13.4. The highest BCUT2D eigenvalue weighted by Crippen LogP contribution is 2.36. The van der Waals surface area contributed by atoms with Crippen molar-refractivity contribution in [1.29, 1.82) is 0 Å². The first-order valence-corrected chi connectivity index (χ1v) is 11.0. The maximum Gasteiger partial charge on any atom is 0.417 e. The Morgan fingerprint density at radius 3 is 2.73 bits per heavy atom. The molecule has 4 rings (SSSR count). The topological polar surface area (TPSA) is 78.1 Å². The van der Waals surface area contributed by atoms with Gasteiger partial charge in [-0.25, -0.2) is 13.4 Å². The second-order valence-corrected chi connectivity index (χ2v) is 9.38. The zero-order valence-electron chi connectivity index (χ0n) is 16.1. The molecule has 1 aliphatic heterocycles. The lowest BCUT2D eigenvalue weighted by Crippen LogP contribution is -2.49. The summed E-state index contributed by atoms with van der Waals surface area (Å²) in [5.41, 5.74) is 0.358. The van der Waals surface area contributed by atoms with Crippen molar-refractivity contribution in [3.63, 3.8) is 0 Å². The highest BCUT2D eigenvalue weighted by Gasteiger charge is 2.40. The minimum Gasteiger partial charge on any atom is -0.380 e. The number of nitrogens with one attached hydrogen (secondary N) is 2. The molecule has 30 heavy (non-hydrogen) atoms. The summed E-state index contributed by atoms with van der Waals surface area (Å²) in [5.74, 6) is 0.136. The molecular weight excluding hydrogens is 417 g/mol. The number of pyridine rings is 1. The Balaban J connectivity index is 1.63. The Hall–Kier alpha value is -2.59. The van der Waals surface area contributed by atoms with E-state index < -0.39 is 26.7 Å². The standard InChI is InChI=1S/C20H21F3N4O2S/c1-13-8-11-27(30(28,29)18-5-3-2-4-15(18)20(21,22)23)12-17(13)26-16-7-10-25-19-14(16)6-9-24-19/h2-7,9-10,13,17H,8,11-12H2,1H3,(H2,24,25,26). The van der Waals surface area contributed by atoms with Crippen LogP contribution < -0.4 is 5.32 Å². The number of aromatic amines is 1. The fraction of sp³-hybridized carbons (Fsp3) is 0.350. The Morgan fingerprint density at radius 1 is 1.20 bits per heavy atom. The third-order valence-electron chi connectivity index (χ3n) is 5.53. The van der Waals surface area contributed by atoms with E-state index in [0.29, 0.717) is 12.1 Å². The fourth-order valence-electron chi connectivity index (χ4n) is 3.80. The Kier molecular flexibility index (Phi) is 5.23. The van der Waals surface area contributed by atoms with E-state index in [1.54, 1.807) is 18.5 Å². The van der Waals surface area contributed by atoms with Crippen molar-refractivity contribution < 1.29 is 21.6 Å². The molecule has 0 spiro atoms. The molecule has 1 fully saturated rings. The van der Waals surface area contributed by atoms with Crippen molar-refractivity contribution in [2.24, 2.45) is 5.92 Å². The van der Waals surface area contributed by atoms with Gasteiger partial charge >= 0.3 is 6.18 Å². The summed E-state index contributed by atoms with van der Waals surface area (Å²) in [7, 11) is -4.30. The molecule has 160 valence electrons. The van der Waals surface area contributed by atoms with Crippen LogP contribution >= 0.6 is 0 Å². The van der Waals surface area contributed by atoms with Gasteiger partial charge in [-0.1, -0.05) is 19.1 Å². The maximum atomic E-state index is 13.4. The molecule has 2 atom stereocenters. The van der Waals surface area contributed by atoms with Crippen LogP contribution in [0.1, 0.15) is 18.9 Å².